The molecule has 174 valence electrons. The van der Waals surface area contributed by atoms with E-state index in [0.717, 1.165) is 44.9 Å². The van der Waals surface area contributed by atoms with Crippen LogP contribution < -0.4 is 10.7 Å². The molecule has 6 heteroatoms. The zero-order valence-electron chi connectivity index (χ0n) is 19.2. The third-order valence-corrected chi connectivity index (χ3v) is 6.96. The lowest BCUT2D eigenvalue weighted by Gasteiger charge is -2.23. The van der Waals surface area contributed by atoms with Gasteiger partial charge in [0.25, 0.3) is 11.8 Å². The van der Waals surface area contributed by atoms with Crippen molar-refractivity contribution >= 4 is 11.8 Å². The van der Waals surface area contributed by atoms with Crippen LogP contribution in [-0.4, -0.2) is 40.9 Å². The van der Waals surface area contributed by atoms with Crippen molar-refractivity contribution < 1.29 is 9.59 Å². The summed E-state index contributed by atoms with van der Waals surface area (Å²) in [5.74, 6) is -0.310. The maximum atomic E-state index is 13.5. The molecule has 1 atom stereocenters. The normalized spacial score (nSPS) is 19.2. The number of benzene rings is 1. The van der Waals surface area contributed by atoms with Crippen LogP contribution in [0, 0.1) is 0 Å². The summed E-state index contributed by atoms with van der Waals surface area (Å²) in [4.78, 5) is 41.3. The fraction of sp³-hybridized carbons (Fsp3) is 0.444. The number of hydrogen-bond donors (Lipinski definition) is 1. The summed E-state index contributed by atoms with van der Waals surface area (Å²) in [5.41, 5.74) is 0.953. The van der Waals surface area contributed by atoms with Crippen LogP contribution in [0.5, 0.6) is 0 Å². The minimum atomic E-state index is -0.486. The first-order chi connectivity index (χ1) is 16.1. The molecule has 0 radical (unpaired) electrons. The van der Waals surface area contributed by atoms with Gasteiger partial charge in [-0.2, -0.15) is 0 Å². The number of amides is 2. The third kappa shape index (κ3) is 5.27. The molecule has 4 rings (SSSR count). The van der Waals surface area contributed by atoms with Gasteiger partial charge in [0, 0.05) is 38.1 Å². The van der Waals surface area contributed by atoms with Crippen LogP contribution in [0.1, 0.15) is 83.2 Å². The number of likely N-dealkylation sites (tertiary alicyclic amines) is 1. The molecule has 2 aliphatic rings. The van der Waals surface area contributed by atoms with Crippen molar-refractivity contribution in [3.63, 3.8) is 0 Å². The Bertz CT molecular complexity index is 1050. The first-order valence-corrected chi connectivity index (χ1v) is 12.1. The standard InChI is InChI=1S/C27H33N3O3/c1-2-15-28-26(32)23-18-30(22-12-6-7-13-22)19-24(25(23)31)27(33)29-16-8-11-21(14-17-29)20-9-4-3-5-10-20/h2-5,9-10,18-19,21-22H,1,6-8,11-17H2,(H,28,32). The van der Waals surface area contributed by atoms with Gasteiger partial charge in [-0.25, -0.2) is 0 Å². The predicted molar refractivity (Wildman–Crippen MR) is 130 cm³/mol. The molecule has 1 aliphatic heterocycles. The lowest BCUT2D eigenvalue weighted by molar-refractivity contribution is 0.0758. The van der Waals surface area contributed by atoms with Crippen LogP contribution in [0.25, 0.3) is 0 Å². The van der Waals surface area contributed by atoms with Gasteiger partial charge in [-0.05, 0) is 43.6 Å². The number of pyridine rings is 1. The van der Waals surface area contributed by atoms with Crippen molar-refractivity contribution in [1.29, 1.82) is 0 Å². The Hall–Kier alpha value is -3.15. The van der Waals surface area contributed by atoms with Crippen molar-refractivity contribution in [2.75, 3.05) is 19.6 Å². The van der Waals surface area contributed by atoms with E-state index in [9.17, 15) is 14.4 Å². The van der Waals surface area contributed by atoms with Crippen LogP contribution in [0.3, 0.4) is 0 Å². The Morgan fingerprint density at radius 2 is 1.70 bits per heavy atom. The van der Waals surface area contributed by atoms with E-state index >= 15 is 0 Å². The van der Waals surface area contributed by atoms with Crippen molar-refractivity contribution in [3.8, 4) is 0 Å². The van der Waals surface area contributed by atoms with Gasteiger partial charge in [0.2, 0.25) is 5.43 Å². The van der Waals surface area contributed by atoms with Crippen molar-refractivity contribution in [1.82, 2.24) is 14.8 Å². The van der Waals surface area contributed by atoms with E-state index < -0.39 is 11.3 Å². The van der Waals surface area contributed by atoms with E-state index in [4.69, 9.17) is 0 Å². The van der Waals surface area contributed by atoms with Crippen LogP contribution in [0.2, 0.25) is 0 Å². The zero-order chi connectivity index (χ0) is 23.2. The molecule has 2 amide bonds. The summed E-state index contributed by atoms with van der Waals surface area (Å²) >= 11 is 0. The maximum absolute atomic E-state index is 13.5. The smallest absolute Gasteiger partial charge is 0.259 e. The highest BCUT2D eigenvalue weighted by molar-refractivity contribution is 5.99. The Morgan fingerprint density at radius 3 is 2.42 bits per heavy atom. The predicted octanol–water partition coefficient (Wildman–Crippen LogP) is 4.29. The Balaban J connectivity index is 1.60. The molecular weight excluding hydrogens is 414 g/mol. The quantitative estimate of drug-likeness (QED) is 0.672. The van der Waals surface area contributed by atoms with Gasteiger partial charge in [0.15, 0.2) is 0 Å². The summed E-state index contributed by atoms with van der Waals surface area (Å²) in [5, 5.41) is 2.69. The average Bonchev–Trinajstić information content (AvgIpc) is 3.27. The molecule has 6 nitrogen and oxygen atoms in total. The second-order valence-electron chi connectivity index (χ2n) is 9.13. The van der Waals surface area contributed by atoms with Crippen LogP contribution in [-0.2, 0) is 0 Å². The molecular formula is C27H33N3O3. The molecule has 0 bridgehead atoms. The lowest BCUT2D eigenvalue weighted by Crippen LogP contribution is -2.38. The van der Waals surface area contributed by atoms with Crippen LogP contribution in [0.4, 0.5) is 0 Å². The fourth-order valence-corrected chi connectivity index (χ4v) is 5.11. The molecule has 2 fully saturated rings. The number of rotatable bonds is 6. The van der Waals surface area contributed by atoms with Crippen LogP contribution in [0.15, 0.2) is 60.2 Å². The molecule has 0 spiro atoms. The van der Waals surface area contributed by atoms with Gasteiger partial charge < -0.3 is 14.8 Å². The summed E-state index contributed by atoms with van der Waals surface area (Å²) in [6.45, 7) is 5.11. The topological polar surface area (TPSA) is 71.4 Å². The molecule has 2 heterocycles. The van der Waals surface area contributed by atoms with E-state index in [2.05, 4.69) is 36.2 Å². The number of aromatic nitrogens is 1. The molecule has 1 aliphatic carbocycles. The van der Waals surface area contributed by atoms with Gasteiger partial charge in [0.05, 0.1) is 0 Å². The van der Waals surface area contributed by atoms with E-state index in [-0.39, 0.29) is 29.6 Å². The Labute approximate surface area is 195 Å². The van der Waals surface area contributed by atoms with E-state index in [0.29, 0.717) is 19.0 Å². The highest BCUT2D eigenvalue weighted by Crippen LogP contribution is 2.30. The molecule has 1 N–H and O–H groups in total. The van der Waals surface area contributed by atoms with Gasteiger partial charge in [0.1, 0.15) is 11.1 Å². The Kier molecular flexibility index (Phi) is 7.43. The number of nitrogens with zero attached hydrogens (tertiary/aromatic N) is 2. The summed E-state index contributed by atoms with van der Waals surface area (Å²) in [6.07, 6.45) is 11.9. The second-order valence-corrected chi connectivity index (χ2v) is 9.13. The second kappa shape index (κ2) is 10.6. The number of carbonyl (C=O) groups excluding carboxylic acids is 2. The average molecular weight is 448 g/mol. The van der Waals surface area contributed by atoms with Gasteiger partial charge in [-0.3, -0.25) is 14.4 Å². The van der Waals surface area contributed by atoms with Crippen molar-refractivity contribution in [2.24, 2.45) is 0 Å². The Morgan fingerprint density at radius 1 is 0.970 bits per heavy atom. The van der Waals surface area contributed by atoms with Gasteiger partial charge in [-0.1, -0.05) is 49.2 Å². The maximum Gasteiger partial charge on any atom is 0.259 e. The van der Waals surface area contributed by atoms with E-state index in [1.807, 2.05) is 10.6 Å². The molecule has 1 unspecified atom stereocenters. The van der Waals surface area contributed by atoms with E-state index in [1.165, 1.54) is 5.56 Å². The minimum absolute atomic E-state index is 0.0339. The van der Waals surface area contributed by atoms with Gasteiger partial charge >= 0.3 is 0 Å². The number of nitrogens with one attached hydrogen (secondary N) is 1. The van der Waals surface area contributed by atoms with Gasteiger partial charge in [-0.15, -0.1) is 6.58 Å². The number of hydrogen-bond acceptors (Lipinski definition) is 3. The van der Waals surface area contributed by atoms with E-state index in [1.54, 1.807) is 23.4 Å². The monoisotopic (exact) mass is 447 g/mol. The third-order valence-electron chi connectivity index (χ3n) is 6.96. The molecule has 2 aromatic rings. The van der Waals surface area contributed by atoms with Crippen molar-refractivity contribution in [3.05, 3.63) is 82.3 Å². The molecule has 1 aromatic heterocycles. The lowest BCUT2D eigenvalue weighted by atomic mass is 9.92. The summed E-state index contributed by atoms with van der Waals surface area (Å²) in [6, 6.07) is 10.6. The first kappa shape index (κ1) is 23.0. The molecule has 1 aromatic carbocycles. The highest BCUT2D eigenvalue weighted by Gasteiger charge is 2.28. The highest BCUT2D eigenvalue weighted by atomic mass is 16.2. The molecule has 1 saturated heterocycles. The fourth-order valence-electron chi connectivity index (χ4n) is 5.11. The largest absolute Gasteiger partial charge is 0.349 e. The molecule has 33 heavy (non-hydrogen) atoms. The SMILES string of the molecule is C=CCNC(=O)c1cn(C2CCCC2)cc(C(=O)N2CCCC(c3ccccc3)CC2)c1=O. The summed E-state index contributed by atoms with van der Waals surface area (Å²) < 4.78 is 1.93. The summed E-state index contributed by atoms with van der Waals surface area (Å²) in [7, 11) is 0. The van der Waals surface area contributed by atoms with Crippen molar-refractivity contribution in [2.45, 2.75) is 56.9 Å². The molecule has 1 saturated carbocycles. The first-order valence-electron chi connectivity index (χ1n) is 12.1. The zero-order valence-corrected chi connectivity index (χ0v) is 19.2. The van der Waals surface area contributed by atoms with Crippen LogP contribution >= 0.6 is 0 Å². The minimum Gasteiger partial charge on any atom is -0.349 e. The number of carbonyl (C=O) groups is 2.